The molecule has 0 radical (unpaired) electrons. The van der Waals surface area contributed by atoms with E-state index < -0.39 is 0 Å². The second-order valence-electron chi connectivity index (χ2n) is 8.54. The summed E-state index contributed by atoms with van der Waals surface area (Å²) in [5, 5.41) is 17.6. The second-order valence-corrected chi connectivity index (χ2v) is 9.36. The van der Waals surface area contributed by atoms with Gasteiger partial charge >= 0.3 is 0 Å². The van der Waals surface area contributed by atoms with Gasteiger partial charge in [-0.25, -0.2) is 4.68 Å². The summed E-state index contributed by atoms with van der Waals surface area (Å²) >= 11 is 12.2. The minimum Gasteiger partial charge on any atom is -0.392 e. The quantitative estimate of drug-likeness (QED) is 0.468. The standard InChI is InChI=1S/C26H27Cl2N3O3/c27-21-7-4-8-22(28)24(21)25(33)29-14-13-17-9-11-18(12-10-17)23-19(16-32)15-30-31(26(23)34)20-5-2-1-3-6-20/h4,7-12,15,20,32H,1-3,5-6,13-14,16H2,(H,29,33). The molecule has 4 rings (SSSR count). The maximum atomic E-state index is 13.3. The Labute approximate surface area is 208 Å². The monoisotopic (exact) mass is 499 g/mol. The first kappa shape index (κ1) is 24.5. The maximum Gasteiger partial charge on any atom is 0.275 e. The lowest BCUT2D eigenvalue weighted by molar-refractivity contribution is 0.0954. The highest BCUT2D eigenvalue weighted by Gasteiger charge is 2.21. The van der Waals surface area contributed by atoms with Crippen molar-refractivity contribution in [2.45, 2.75) is 51.2 Å². The second kappa shape index (κ2) is 11.2. The molecule has 1 aliphatic carbocycles. The van der Waals surface area contributed by atoms with Gasteiger partial charge in [0.15, 0.2) is 0 Å². The van der Waals surface area contributed by atoms with Gasteiger partial charge in [0.05, 0.1) is 40.0 Å². The molecule has 0 spiro atoms. The van der Waals surface area contributed by atoms with Gasteiger partial charge in [-0.1, -0.05) is 72.8 Å². The fourth-order valence-electron chi connectivity index (χ4n) is 4.48. The molecule has 1 saturated carbocycles. The lowest BCUT2D eigenvalue weighted by atomic mass is 9.95. The Kier molecular flexibility index (Phi) is 8.03. The highest BCUT2D eigenvalue weighted by molar-refractivity contribution is 6.39. The van der Waals surface area contributed by atoms with Gasteiger partial charge < -0.3 is 10.4 Å². The first-order valence-corrected chi connectivity index (χ1v) is 12.3. The summed E-state index contributed by atoms with van der Waals surface area (Å²) in [6.45, 7) is 0.160. The van der Waals surface area contributed by atoms with Crippen molar-refractivity contribution in [2.24, 2.45) is 0 Å². The third-order valence-electron chi connectivity index (χ3n) is 6.30. The molecule has 0 atom stereocenters. The molecule has 0 bridgehead atoms. The third kappa shape index (κ3) is 5.35. The molecule has 34 heavy (non-hydrogen) atoms. The summed E-state index contributed by atoms with van der Waals surface area (Å²) in [6, 6.07) is 12.7. The number of benzene rings is 2. The molecule has 1 heterocycles. The predicted octanol–water partition coefficient (Wildman–Crippen LogP) is 5.19. The number of carbonyl (C=O) groups excluding carboxylic acids is 1. The highest BCUT2D eigenvalue weighted by Crippen LogP contribution is 2.28. The van der Waals surface area contributed by atoms with Crippen LogP contribution in [0.5, 0.6) is 0 Å². The minimum atomic E-state index is -0.320. The van der Waals surface area contributed by atoms with Crippen molar-refractivity contribution in [2.75, 3.05) is 6.54 Å². The van der Waals surface area contributed by atoms with Crippen molar-refractivity contribution in [1.29, 1.82) is 0 Å². The molecule has 1 aliphatic rings. The van der Waals surface area contributed by atoms with E-state index in [1.54, 1.807) is 29.1 Å². The first-order valence-electron chi connectivity index (χ1n) is 11.5. The number of halogens is 2. The fraction of sp³-hybridized carbons (Fsp3) is 0.346. The molecule has 178 valence electrons. The molecule has 3 aromatic rings. The molecule has 2 N–H and O–H groups in total. The topological polar surface area (TPSA) is 84.2 Å². The first-order chi connectivity index (χ1) is 16.5. The maximum absolute atomic E-state index is 13.3. The van der Waals surface area contributed by atoms with E-state index in [-0.39, 0.29) is 29.7 Å². The van der Waals surface area contributed by atoms with Crippen molar-refractivity contribution >= 4 is 29.1 Å². The lowest BCUT2D eigenvalue weighted by Gasteiger charge is -2.23. The number of carbonyl (C=O) groups is 1. The Balaban J connectivity index is 1.47. The van der Waals surface area contributed by atoms with E-state index in [0.717, 1.165) is 36.8 Å². The average molecular weight is 500 g/mol. The lowest BCUT2D eigenvalue weighted by Crippen LogP contribution is -2.30. The van der Waals surface area contributed by atoms with Crippen LogP contribution in [0.15, 0.2) is 53.5 Å². The molecule has 8 heteroatoms. The van der Waals surface area contributed by atoms with Crippen LogP contribution >= 0.6 is 23.2 Å². The Hall–Kier alpha value is -2.67. The van der Waals surface area contributed by atoms with Crippen LogP contribution in [0.4, 0.5) is 0 Å². The molecule has 0 aliphatic heterocycles. The number of hydrogen-bond donors (Lipinski definition) is 2. The summed E-state index contributed by atoms with van der Waals surface area (Å²) in [6.07, 6.45) is 7.51. The number of aliphatic hydroxyl groups excluding tert-OH is 1. The average Bonchev–Trinajstić information content (AvgIpc) is 2.85. The molecule has 0 unspecified atom stereocenters. The van der Waals surface area contributed by atoms with Gasteiger partial charge in [-0.15, -0.1) is 0 Å². The Morgan fingerprint density at radius 3 is 2.38 bits per heavy atom. The van der Waals surface area contributed by atoms with Gasteiger partial charge in [0.2, 0.25) is 0 Å². The number of rotatable bonds is 7. The van der Waals surface area contributed by atoms with Crippen molar-refractivity contribution in [3.05, 3.63) is 85.8 Å². The fourth-order valence-corrected chi connectivity index (χ4v) is 5.05. The number of amides is 1. The van der Waals surface area contributed by atoms with Gasteiger partial charge in [0.25, 0.3) is 11.5 Å². The zero-order valence-electron chi connectivity index (χ0n) is 18.8. The number of aliphatic hydroxyl groups is 1. The SMILES string of the molecule is O=C(NCCc1ccc(-c2c(CO)cnn(C3CCCCC3)c2=O)cc1)c1c(Cl)cccc1Cl. The van der Waals surface area contributed by atoms with Crippen LogP contribution < -0.4 is 10.9 Å². The molecule has 6 nitrogen and oxygen atoms in total. The van der Waals surface area contributed by atoms with E-state index >= 15 is 0 Å². The third-order valence-corrected chi connectivity index (χ3v) is 6.93. The van der Waals surface area contributed by atoms with E-state index in [1.165, 1.54) is 6.42 Å². The number of nitrogens with zero attached hydrogens (tertiary/aromatic N) is 2. The van der Waals surface area contributed by atoms with Gasteiger partial charge in [-0.3, -0.25) is 9.59 Å². The predicted molar refractivity (Wildman–Crippen MR) is 134 cm³/mol. The molecule has 1 fully saturated rings. The zero-order valence-corrected chi connectivity index (χ0v) is 20.3. The summed E-state index contributed by atoms with van der Waals surface area (Å²) in [5.74, 6) is -0.320. The van der Waals surface area contributed by atoms with Crippen LogP contribution in [0, 0.1) is 0 Å². The van der Waals surface area contributed by atoms with E-state index in [9.17, 15) is 14.7 Å². The van der Waals surface area contributed by atoms with Gasteiger partial charge in [-0.05, 0) is 42.5 Å². The largest absolute Gasteiger partial charge is 0.392 e. The van der Waals surface area contributed by atoms with E-state index in [1.807, 2.05) is 24.3 Å². The van der Waals surface area contributed by atoms with E-state index in [2.05, 4.69) is 10.4 Å². The number of aromatic nitrogens is 2. The Morgan fingerprint density at radius 1 is 1.06 bits per heavy atom. The molecule has 2 aromatic carbocycles. The summed E-state index contributed by atoms with van der Waals surface area (Å²) in [7, 11) is 0. The smallest absolute Gasteiger partial charge is 0.275 e. The van der Waals surface area contributed by atoms with Crippen LogP contribution in [0.3, 0.4) is 0 Å². The number of hydrogen-bond acceptors (Lipinski definition) is 4. The molecule has 1 amide bonds. The van der Waals surface area contributed by atoms with Crippen LogP contribution in [-0.4, -0.2) is 27.3 Å². The summed E-state index contributed by atoms with van der Waals surface area (Å²) in [5.41, 5.74) is 2.88. The van der Waals surface area contributed by atoms with Crippen LogP contribution in [-0.2, 0) is 13.0 Å². The summed E-state index contributed by atoms with van der Waals surface area (Å²) in [4.78, 5) is 25.7. The van der Waals surface area contributed by atoms with Gasteiger partial charge in [-0.2, -0.15) is 5.10 Å². The van der Waals surface area contributed by atoms with Crippen molar-refractivity contribution in [3.63, 3.8) is 0 Å². The van der Waals surface area contributed by atoms with Crippen LogP contribution in [0.1, 0.15) is 59.6 Å². The van der Waals surface area contributed by atoms with Crippen molar-refractivity contribution in [3.8, 4) is 11.1 Å². The molecule has 0 saturated heterocycles. The minimum absolute atomic E-state index is 0.113. The Morgan fingerprint density at radius 2 is 1.74 bits per heavy atom. The van der Waals surface area contributed by atoms with E-state index in [4.69, 9.17) is 23.2 Å². The Bertz CT molecular complexity index is 1200. The highest BCUT2D eigenvalue weighted by atomic mass is 35.5. The molecule has 1 aromatic heterocycles. The van der Waals surface area contributed by atoms with Crippen LogP contribution in [0.2, 0.25) is 10.0 Å². The van der Waals surface area contributed by atoms with Crippen LogP contribution in [0.25, 0.3) is 11.1 Å². The van der Waals surface area contributed by atoms with Gasteiger partial charge in [0.1, 0.15) is 0 Å². The zero-order chi connectivity index (χ0) is 24.1. The molecular weight excluding hydrogens is 473 g/mol. The molecular formula is C26H27Cl2N3O3. The van der Waals surface area contributed by atoms with Crippen molar-refractivity contribution < 1.29 is 9.90 Å². The van der Waals surface area contributed by atoms with Crippen molar-refractivity contribution in [1.82, 2.24) is 15.1 Å². The normalized spacial score (nSPS) is 14.2. The van der Waals surface area contributed by atoms with E-state index in [0.29, 0.717) is 34.1 Å². The number of nitrogens with one attached hydrogen (secondary N) is 1. The van der Waals surface area contributed by atoms with Gasteiger partial charge in [0, 0.05) is 12.1 Å². The summed E-state index contributed by atoms with van der Waals surface area (Å²) < 4.78 is 1.59.